The van der Waals surface area contributed by atoms with Crippen molar-refractivity contribution in [3.63, 3.8) is 0 Å². The van der Waals surface area contributed by atoms with Gasteiger partial charge in [-0.2, -0.15) is 0 Å². The topological polar surface area (TPSA) is 83.0 Å². The number of carboxylic acid groups (broad SMARTS) is 1. The first kappa shape index (κ1) is 13.1. The zero-order valence-corrected chi connectivity index (χ0v) is 11.1. The quantitative estimate of drug-likeness (QED) is 0.483. The Bertz CT molecular complexity index is 606. The second kappa shape index (κ2) is 6.01. The van der Waals surface area contributed by atoms with Crippen molar-refractivity contribution < 1.29 is 9.90 Å². The molecule has 0 spiro atoms. The number of rotatable bonds is 6. The molecule has 0 aliphatic rings. The van der Waals surface area contributed by atoms with E-state index in [4.69, 9.17) is 5.11 Å². The number of fused-ring (bicyclic) bond motifs is 1. The van der Waals surface area contributed by atoms with E-state index in [1.54, 1.807) is 6.07 Å². The lowest BCUT2D eigenvalue weighted by Gasteiger charge is -2.00. The van der Waals surface area contributed by atoms with Crippen LogP contribution in [0.1, 0.15) is 19.3 Å². The fraction of sp³-hybridized carbons (Fsp3) is 0.364. The molecule has 7 heteroatoms. The van der Waals surface area contributed by atoms with Gasteiger partial charge in [-0.1, -0.05) is 11.8 Å². The van der Waals surface area contributed by atoms with Gasteiger partial charge in [0.15, 0.2) is 5.16 Å². The predicted octanol–water partition coefficient (Wildman–Crippen LogP) is 2.33. The summed E-state index contributed by atoms with van der Waals surface area (Å²) in [4.78, 5) is 29.8. The van der Waals surface area contributed by atoms with Crippen LogP contribution >= 0.6 is 23.1 Å². The SMILES string of the molecule is O=C(O)CCCCSc1nc2sccc2c(=O)[nH]1. The van der Waals surface area contributed by atoms with Crippen molar-refractivity contribution in [2.75, 3.05) is 5.75 Å². The summed E-state index contributed by atoms with van der Waals surface area (Å²) in [7, 11) is 0. The molecule has 0 aliphatic heterocycles. The van der Waals surface area contributed by atoms with E-state index in [2.05, 4.69) is 9.97 Å². The van der Waals surface area contributed by atoms with E-state index in [1.807, 2.05) is 5.38 Å². The van der Waals surface area contributed by atoms with Crippen LogP contribution in [0.2, 0.25) is 0 Å². The average molecular weight is 284 g/mol. The molecular weight excluding hydrogens is 272 g/mol. The van der Waals surface area contributed by atoms with E-state index >= 15 is 0 Å². The molecule has 0 saturated carbocycles. The number of carboxylic acids is 1. The second-order valence-corrected chi connectivity index (χ2v) is 5.69. The lowest BCUT2D eigenvalue weighted by Crippen LogP contribution is -2.07. The van der Waals surface area contributed by atoms with Crippen LogP contribution in [0.15, 0.2) is 21.4 Å². The lowest BCUT2D eigenvalue weighted by molar-refractivity contribution is -0.137. The third-order valence-electron chi connectivity index (χ3n) is 2.34. The van der Waals surface area contributed by atoms with Crippen LogP contribution in [-0.2, 0) is 4.79 Å². The molecule has 0 aliphatic carbocycles. The van der Waals surface area contributed by atoms with E-state index < -0.39 is 5.97 Å². The van der Waals surface area contributed by atoms with Crippen molar-refractivity contribution in [3.8, 4) is 0 Å². The summed E-state index contributed by atoms with van der Waals surface area (Å²) in [5.74, 6) is -0.0147. The molecule has 2 aromatic heterocycles. The van der Waals surface area contributed by atoms with Crippen molar-refractivity contribution in [1.82, 2.24) is 9.97 Å². The number of carbonyl (C=O) groups is 1. The number of H-pyrrole nitrogens is 1. The van der Waals surface area contributed by atoms with Crippen LogP contribution in [0.5, 0.6) is 0 Å². The summed E-state index contributed by atoms with van der Waals surface area (Å²) < 4.78 is 0. The number of hydrogen-bond acceptors (Lipinski definition) is 5. The van der Waals surface area contributed by atoms with Gasteiger partial charge in [0.25, 0.3) is 5.56 Å². The molecule has 0 unspecified atom stereocenters. The van der Waals surface area contributed by atoms with Crippen LogP contribution in [0.3, 0.4) is 0 Å². The highest BCUT2D eigenvalue weighted by Crippen LogP contribution is 2.19. The second-order valence-electron chi connectivity index (χ2n) is 3.71. The van der Waals surface area contributed by atoms with Gasteiger partial charge in [-0.05, 0) is 24.3 Å². The minimum atomic E-state index is -0.772. The van der Waals surface area contributed by atoms with Crippen LogP contribution in [0.4, 0.5) is 0 Å². The Hall–Kier alpha value is -1.34. The minimum Gasteiger partial charge on any atom is -0.481 e. The first-order valence-electron chi connectivity index (χ1n) is 5.49. The Balaban J connectivity index is 1.91. The summed E-state index contributed by atoms with van der Waals surface area (Å²) in [6.07, 6.45) is 1.63. The van der Waals surface area contributed by atoms with Gasteiger partial charge in [0, 0.05) is 12.2 Å². The zero-order valence-electron chi connectivity index (χ0n) is 9.51. The van der Waals surface area contributed by atoms with Gasteiger partial charge in [-0.15, -0.1) is 11.3 Å². The molecular formula is C11H12N2O3S2. The van der Waals surface area contributed by atoms with Crippen molar-refractivity contribution >= 4 is 39.3 Å². The van der Waals surface area contributed by atoms with Gasteiger partial charge < -0.3 is 10.1 Å². The molecule has 0 aromatic carbocycles. The Kier molecular flexibility index (Phi) is 4.38. The smallest absolute Gasteiger partial charge is 0.303 e. The standard InChI is InChI=1S/C11H12N2O3S2/c14-8(15)3-1-2-5-18-11-12-9(16)7-4-6-17-10(7)13-11/h4,6H,1-3,5H2,(H,14,15)(H,12,13,16). The van der Waals surface area contributed by atoms with Crippen molar-refractivity contribution in [3.05, 3.63) is 21.8 Å². The normalized spacial score (nSPS) is 10.9. The summed E-state index contributed by atoms with van der Waals surface area (Å²) in [6.45, 7) is 0. The van der Waals surface area contributed by atoms with Crippen LogP contribution in [-0.4, -0.2) is 26.8 Å². The Labute approximate surface area is 111 Å². The van der Waals surface area contributed by atoms with E-state index in [9.17, 15) is 9.59 Å². The highest BCUT2D eigenvalue weighted by Gasteiger charge is 2.05. The molecule has 2 rings (SSSR count). The van der Waals surface area contributed by atoms with E-state index in [1.165, 1.54) is 23.1 Å². The number of nitrogens with zero attached hydrogens (tertiary/aromatic N) is 1. The molecule has 0 fully saturated rings. The summed E-state index contributed by atoms with van der Waals surface area (Å²) in [6, 6.07) is 1.76. The number of aliphatic carboxylic acids is 1. The number of hydrogen-bond donors (Lipinski definition) is 2. The molecule has 2 aromatic rings. The molecule has 2 N–H and O–H groups in total. The monoisotopic (exact) mass is 284 g/mol. The zero-order chi connectivity index (χ0) is 13.0. The number of nitrogens with one attached hydrogen (secondary N) is 1. The highest BCUT2D eigenvalue weighted by molar-refractivity contribution is 7.99. The van der Waals surface area contributed by atoms with E-state index in [0.717, 1.165) is 17.0 Å². The van der Waals surface area contributed by atoms with E-state index in [0.29, 0.717) is 17.0 Å². The van der Waals surface area contributed by atoms with Crippen molar-refractivity contribution in [1.29, 1.82) is 0 Å². The molecule has 0 saturated heterocycles. The number of aromatic nitrogens is 2. The summed E-state index contributed by atoms with van der Waals surface area (Å²) in [5.41, 5.74) is -0.116. The molecule has 5 nitrogen and oxygen atoms in total. The Morgan fingerprint density at radius 3 is 3.11 bits per heavy atom. The van der Waals surface area contributed by atoms with Crippen LogP contribution in [0.25, 0.3) is 10.2 Å². The molecule has 0 bridgehead atoms. The van der Waals surface area contributed by atoms with Gasteiger partial charge in [0.2, 0.25) is 0 Å². The molecule has 0 radical (unpaired) electrons. The maximum absolute atomic E-state index is 11.7. The van der Waals surface area contributed by atoms with Gasteiger partial charge in [0.1, 0.15) is 4.83 Å². The largest absolute Gasteiger partial charge is 0.481 e. The maximum atomic E-state index is 11.7. The first-order valence-corrected chi connectivity index (χ1v) is 7.35. The van der Waals surface area contributed by atoms with Gasteiger partial charge >= 0.3 is 5.97 Å². The van der Waals surface area contributed by atoms with Crippen molar-refractivity contribution in [2.24, 2.45) is 0 Å². The van der Waals surface area contributed by atoms with Gasteiger partial charge in [-0.25, -0.2) is 4.98 Å². The average Bonchev–Trinajstić information content (AvgIpc) is 2.77. The Morgan fingerprint density at radius 2 is 2.33 bits per heavy atom. The molecule has 96 valence electrons. The van der Waals surface area contributed by atoms with E-state index in [-0.39, 0.29) is 12.0 Å². The van der Waals surface area contributed by atoms with Crippen LogP contribution in [0, 0.1) is 0 Å². The molecule has 0 atom stereocenters. The van der Waals surface area contributed by atoms with Crippen molar-refractivity contribution in [2.45, 2.75) is 24.4 Å². The molecule has 0 amide bonds. The Morgan fingerprint density at radius 1 is 1.50 bits per heavy atom. The number of aromatic amines is 1. The van der Waals surface area contributed by atoms with Gasteiger partial charge in [-0.3, -0.25) is 9.59 Å². The lowest BCUT2D eigenvalue weighted by atomic mass is 10.3. The minimum absolute atomic E-state index is 0.116. The highest BCUT2D eigenvalue weighted by atomic mass is 32.2. The number of thiophene rings is 1. The molecule has 18 heavy (non-hydrogen) atoms. The molecule has 2 heterocycles. The predicted molar refractivity (Wildman–Crippen MR) is 72.5 cm³/mol. The fourth-order valence-electron chi connectivity index (χ4n) is 1.46. The fourth-order valence-corrected chi connectivity index (χ4v) is 3.15. The summed E-state index contributed by atoms with van der Waals surface area (Å²) in [5, 5.41) is 11.6. The maximum Gasteiger partial charge on any atom is 0.303 e. The third-order valence-corrected chi connectivity index (χ3v) is 4.10. The summed E-state index contributed by atoms with van der Waals surface area (Å²) >= 11 is 2.89. The van der Waals surface area contributed by atoms with Crippen LogP contribution < -0.4 is 5.56 Å². The third kappa shape index (κ3) is 3.33. The number of unbranched alkanes of at least 4 members (excludes halogenated alkanes) is 1. The van der Waals surface area contributed by atoms with Gasteiger partial charge in [0.05, 0.1) is 5.39 Å². The first-order chi connectivity index (χ1) is 8.66. The number of thioether (sulfide) groups is 1.